The van der Waals surface area contributed by atoms with Crippen molar-refractivity contribution in [3.8, 4) is 11.5 Å². The molecule has 1 amide bonds. The molecule has 0 radical (unpaired) electrons. The number of phenolic OH excluding ortho intramolecular Hbond substituents is 1. The molecule has 0 saturated heterocycles. The molecule has 28 heavy (non-hydrogen) atoms. The average Bonchev–Trinajstić information content (AvgIpc) is 2.70. The number of amides is 1. The normalized spacial score (nSPS) is 10.6. The van der Waals surface area contributed by atoms with Gasteiger partial charge < -0.3 is 9.84 Å². The van der Waals surface area contributed by atoms with E-state index in [1.165, 1.54) is 18.3 Å². The Labute approximate surface area is 162 Å². The minimum Gasteiger partial charge on any atom is -0.507 e. The lowest BCUT2D eigenvalue weighted by molar-refractivity contribution is -0.133. The zero-order valence-electron chi connectivity index (χ0n) is 14.9. The summed E-state index contributed by atoms with van der Waals surface area (Å²) in [6.45, 7) is 0. The molecule has 0 bridgehead atoms. The number of esters is 1. The Morgan fingerprint density at radius 1 is 0.929 bits per heavy atom. The molecule has 0 atom stereocenters. The van der Waals surface area contributed by atoms with Crippen LogP contribution in [0.15, 0.2) is 84.0 Å². The smallest absolute Gasteiger partial charge is 0.315 e. The minimum atomic E-state index is -0.513. The molecule has 6 heteroatoms. The van der Waals surface area contributed by atoms with Gasteiger partial charge in [-0.3, -0.25) is 9.59 Å². The highest BCUT2D eigenvalue weighted by Gasteiger charge is 2.09. The molecule has 3 rings (SSSR count). The lowest BCUT2D eigenvalue weighted by Crippen LogP contribution is -2.17. The third kappa shape index (κ3) is 5.28. The number of hydrogen-bond donors (Lipinski definition) is 2. The van der Waals surface area contributed by atoms with E-state index in [1.807, 2.05) is 30.3 Å². The van der Waals surface area contributed by atoms with Crippen LogP contribution < -0.4 is 10.2 Å². The molecule has 2 N–H and O–H groups in total. The summed E-state index contributed by atoms with van der Waals surface area (Å²) in [5, 5.41) is 13.5. The SMILES string of the molecule is O=C(Cc1ccccc1)Oc1ccc(C=NNC(=O)c2ccccc2O)cc1. The number of rotatable bonds is 6. The Balaban J connectivity index is 1.52. The highest BCUT2D eigenvalue weighted by molar-refractivity contribution is 5.97. The van der Waals surface area contributed by atoms with Crippen molar-refractivity contribution in [3.63, 3.8) is 0 Å². The Morgan fingerprint density at radius 2 is 1.61 bits per heavy atom. The van der Waals surface area contributed by atoms with Crippen molar-refractivity contribution in [2.45, 2.75) is 6.42 Å². The van der Waals surface area contributed by atoms with Crippen LogP contribution in [-0.4, -0.2) is 23.2 Å². The zero-order chi connectivity index (χ0) is 19.8. The molecular weight excluding hydrogens is 356 g/mol. The van der Waals surface area contributed by atoms with Gasteiger partial charge >= 0.3 is 5.97 Å². The van der Waals surface area contributed by atoms with Crippen molar-refractivity contribution in [2.24, 2.45) is 5.10 Å². The summed E-state index contributed by atoms with van der Waals surface area (Å²) in [4.78, 5) is 23.9. The first-order chi connectivity index (χ1) is 13.6. The molecule has 0 heterocycles. The first-order valence-electron chi connectivity index (χ1n) is 8.58. The van der Waals surface area contributed by atoms with Crippen LogP contribution >= 0.6 is 0 Å². The average molecular weight is 374 g/mol. The van der Waals surface area contributed by atoms with E-state index in [0.29, 0.717) is 11.3 Å². The fourth-order valence-corrected chi connectivity index (χ4v) is 2.44. The monoisotopic (exact) mass is 374 g/mol. The summed E-state index contributed by atoms with van der Waals surface area (Å²) < 4.78 is 5.31. The van der Waals surface area contributed by atoms with E-state index in [2.05, 4.69) is 10.5 Å². The fraction of sp³-hybridized carbons (Fsp3) is 0.0455. The van der Waals surface area contributed by atoms with Crippen molar-refractivity contribution < 1.29 is 19.4 Å². The highest BCUT2D eigenvalue weighted by Crippen LogP contribution is 2.15. The maximum atomic E-state index is 12.0. The van der Waals surface area contributed by atoms with Crippen LogP contribution in [0.3, 0.4) is 0 Å². The third-order valence-corrected chi connectivity index (χ3v) is 3.83. The number of nitrogens with one attached hydrogen (secondary N) is 1. The molecule has 3 aromatic carbocycles. The van der Waals surface area contributed by atoms with Gasteiger partial charge in [0.15, 0.2) is 0 Å². The number of hydrazone groups is 1. The van der Waals surface area contributed by atoms with E-state index in [1.54, 1.807) is 36.4 Å². The number of ether oxygens (including phenoxy) is 1. The number of para-hydroxylation sites is 1. The lowest BCUT2D eigenvalue weighted by Gasteiger charge is -2.05. The van der Waals surface area contributed by atoms with E-state index in [4.69, 9.17) is 4.74 Å². The summed E-state index contributed by atoms with van der Waals surface area (Å²) in [6.07, 6.45) is 1.65. The van der Waals surface area contributed by atoms with Crippen molar-refractivity contribution in [1.29, 1.82) is 0 Å². The van der Waals surface area contributed by atoms with Crippen LogP contribution in [0.5, 0.6) is 11.5 Å². The topological polar surface area (TPSA) is 88.0 Å². The van der Waals surface area contributed by atoms with Crippen LogP contribution in [0, 0.1) is 0 Å². The molecule has 3 aromatic rings. The molecule has 0 unspecified atom stereocenters. The highest BCUT2D eigenvalue weighted by atomic mass is 16.5. The fourth-order valence-electron chi connectivity index (χ4n) is 2.44. The van der Waals surface area contributed by atoms with Crippen LogP contribution in [0.2, 0.25) is 0 Å². The second-order valence-corrected chi connectivity index (χ2v) is 5.92. The second-order valence-electron chi connectivity index (χ2n) is 5.92. The maximum Gasteiger partial charge on any atom is 0.315 e. The van der Waals surface area contributed by atoms with Crippen LogP contribution in [0.4, 0.5) is 0 Å². The molecule has 0 saturated carbocycles. The van der Waals surface area contributed by atoms with Gasteiger partial charge in [0.2, 0.25) is 0 Å². The van der Waals surface area contributed by atoms with Gasteiger partial charge in [-0.05, 0) is 47.5 Å². The number of benzene rings is 3. The Hall–Kier alpha value is -3.93. The van der Waals surface area contributed by atoms with Gasteiger partial charge in [0.1, 0.15) is 11.5 Å². The van der Waals surface area contributed by atoms with Gasteiger partial charge in [-0.2, -0.15) is 5.10 Å². The molecule has 0 spiro atoms. The Bertz CT molecular complexity index is 983. The van der Waals surface area contributed by atoms with Gasteiger partial charge in [0.25, 0.3) is 5.91 Å². The first kappa shape index (κ1) is 18.8. The molecule has 0 aromatic heterocycles. The number of hydrogen-bond acceptors (Lipinski definition) is 5. The summed E-state index contributed by atoms with van der Waals surface area (Å²) in [5.74, 6) is -0.545. The maximum absolute atomic E-state index is 12.0. The molecule has 0 aliphatic heterocycles. The molecule has 0 aliphatic carbocycles. The zero-order valence-corrected chi connectivity index (χ0v) is 14.9. The van der Waals surface area contributed by atoms with E-state index in [0.717, 1.165) is 5.56 Å². The van der Waals surface area contributed by atoms with Crippen LogP contribution in [0.25, 0.3) is 0 Å². The third-order valence-electron chi connectivity index (χ3n) is 3.83. The number of carbonyl (C=O) groups is 2. The molecular formula is C22H18N2O4. The largest absolute Gasteiger partial charge is 0.507 e. The summed E-state index contributed by atoms with van der Waals surface area (Å²) in [5.41, 5.74) is 4.08. The second kappa shape index (κ2) is 9.14. The van der Waals surface area contributed by atoms with Gasteiger partial charge in [-0.1, -0.05) is 42.5 Å². The van der Waals surface area contributed by atoms with Crippen molar-refractivity contribution in [2.75, 3.05) is 0 Å². The van der Waals surface area contributed by atoms with Gasteiger partial charge in [-0.15, -0.1) is 0 Å². The van der Waals surface area contributed by atoms with Crippen molar-refractivity contribution in [3.05, 3.63) is 95.6 Å². The van der Waals surface area contributed by atoms with E-state index in [9.17, 15) is 14.7 Å². The quantitative estimate of drug-likeness (QED) is 0.300. The van der Waals surface area contributed by atoms with Crippen molar-refractivity contribution >= 4 is 18.1 Å². The standard InChI is InChI=1S/C22H18N2O4/c25-20-9-5-4-8-19(20)22(27)24-23-15-17-10-12-18(13-11-17)28-21(26)14-16-6-2-1-3-7-16/h1-13,15,25H,14H2,(H,24,27). The van der Waals surface area contributed by atoms with Crippen LogP contribution in [-0.2, 0) is 11.2 Å². The molecule has 140 valence electrons. The first-order valence-corrected chi connectivity index (χ1v) is 8.58. The van der Waals surface area contributed by atoms with E-state index < -0.39 is 5.91 Å². The molecule has 6 nitrogen and oxygen atoms in total. The number of nitrogens with zero attached hydrogens (tertiary/aromatic N) is 1. The Kier molecular flexibility index (Phi) is 6.15. The summed E-state index contributed by atoms with van der Waals surface area (Å²) >= 11 is 0. The number of phenols is 1. The number of carbonyl (C=O) groups excluding carboxylic acids is 2. The summed E-state index contributed by atoms with van der Waals surface area (Å²) in [7, 11) is 0. The van der Waals surface area contributed by atoms with Gasteiger partial charge in [0, 0.05) is 0 Å². The molecule has 0 fully saturated rings. The van der Waals surface area contributed by atoms with Gasteiger partial charge in [0.05, 0.1) is 18.2 Å². The van der Waals surface area contributed by atoms with E-state index >= 15 is 0 Å². The predicted octanol–water partition coefficient (Wildman–Crippen LogP) is 3.30. The van der Waals surface area contributed by atoms with E-state index in [-0.39, 0.29) is 23.7 Å². The van der Waals surface area contributed by atoms with Crippen LogP contribution in [0.1, 0.15) is 21.5 Å². The Morgan fingerprint density at radius 3 is 2.32 bits per heavy atom. The van der Waals surface area contributed by atoms with Crippen molar-refractivity contribution in [1.82, 2.24) is 5.43 Å². The predicted molar refractivity (Wildman–Crippen MR) is 105 cm³/mol. The lowest BCUT2D eigenvalue weighted by atomic mass is 10.1. The van der Waals surface area contributed by atoms with Gasteiger partial charge in [-0.25, -0.2) is 5.43 Å². The minimum absolute atomic E-state index is 0.114. The summed E-state index contributed by atoms with van der Waals surface area (Å²) in [6, 6.07) is 22.3. The molecule has 0 aliphatic rings. The number of aromatic hydroxyl groups is 1.